The molecule has 0 amide bonds. The number of unbranched alkanes of at least 4 members (excludes halogenated alkanes) is 9. The van der Waals surface area contributed by atoms with E-state index in [4.69, 9.17) is 9.16 Å². The van der Waals surface area contributed by atoms with Gasteiger partial charge < -0.3 is 14.3 Å². The van der Waals surface area contributed by atoms with E-state index in [-0.39, 0.29) is 6.10 Å². The van der Waals surface area contributed by atoms with Crippen LogP contribution in [0.4, 0.5) is 0 Å². The Kier molecular flexibility index (Phi) is 18.8. The number of hydrogen-bond acceptors (Lipinski definition) is 3. The minimum absolute atomic E-state index is 0.102. The monoisotopic (exact) mass is 520 g/mol. The predicted octanol–water partition coefficient (Wildman–Crippen LogP) is 9.83. The fraction of sp³-hybridized carbons (Fsp3) is 0.812. The van der Waals surface area contributed by atoms with Gasteiger partial charge >= 0.3 is 0 Å². The molecule has 0 aromatic heterocycles. The molecule has 0 aliphatic carbocycles. The van der Waals surface area contributed by atoms with Gasteiger partial charge in [-0.05, 0) is 47.9 Å². The fourth-order valence-electron chi connectivity index (χ4n) is 5.96. The lowest BCUT2D eigenvalue weighted by atomic mass is 10.0. The van der Waals surface area contributed by atoms with Crippen molar-refractivity contribution in [2.45, 2.75) is 154 Å². The van der Waals surface area contributed by atoms with Gasteiger partial charge in [-0.1, -0.05) is 130 Å². The molecule has 1 N–H and O–H groups in total. The first kappa shape index (κ1) is 33.3. The van der Waals surface area contributed by atoms with Crippen LogP contribution in [-0.4, -0.2) is 32.7 Å². The summed E-state index contributed by atoms with van der Waals surface area (Å²) in [4.78, 5) is 0. The Bertz CT molecular complexity index is 595. The fourth-order valence-corrected chi connectivity index (χ4v) is 11.5. The summed E-state index contributed by atoms with van der Waals surface area (Å²) in [6.45, 7) is 16.7. The van der Waals surface area contributed by atoms with Crippen LogP contribution in [0.25, 0.3) is 0 Å². The lowest BCUT2D eigenvalue weighted by Crippen LogP contribution is -2.47. The van der Waals surface area contributed by atoms with Gasteiger partial charge in [-0.25, -0.2) is 0 Å². The van der Waals surface area contributed by atoms with Crippen molar-refractivity contribution >= 4 is 8.32 Å². The van der Waals surface area contributed by atoms with Crippen LogP contribution in [0.1, 0.15) is 131 Å². The molecule has 1 unspecified atom stereocenters. The molecule has 0 radical (unpaired) electrons. The average Bonchev–Trinajstić information content (AvgIpc) is 2.84. The largest absolute Gasteiger partial charge is 0.416 e. The number of benzene rings is 1. The molecule has 0 aliphatic heterocycles. The van der Waals surface area contributed by atoms with Gasteiger partial charge in [-0.2, -0.15) is 0 Å². The third kappa shape index (κ3) is 13.7. The third-order valence-electron chi connectivity index (χ3n) is 7.93. The molecule has 36 heavy (non-hydrogen) atoms. The van der Waals surface area contributed by atoms with Gasteiger partial charge in [0.05, 0.1) is 12.7 Å². The zero-order valence-corrected chi connectivity index (χ0v) is 25.8. The van der Waals surface area contributed by atoms with Crippen LogP contribution in [0.2, 0.25) is 16.6 Å². The predicted molar refractivity (Wildman–Crippen MR) is 159 cm³/mol. The standard InChI is InChI=1S/C32H60O3Si/c1-28(2)36(29(3)4,30(5)6)35-26-20-13-9-11-18-24-32(33)23-17-10-7-8-12-19-25-34-27-31-21-15-14-16-22-31/h14-16,21-22,28-30,32-33H,7-13,17-20,23-27H2,1-6H3. The maximum absolute atomic E-state index is 10.3. The lowest BCUT2D eigenvalue weighted by Gasteiger charge is -2.42. The third-order valence-corrected chi connectivity index (χ3v) is 14.0. The van der Waals surface area contributed by atoms with E-state index in [1.54, 1.807) is 0 Å². The van der Waals surface area contributed by atoms with Crippen molar-refractivity contribution in [1.82, 2.24) is 0 Å². The summed E-state index contributed by atoms with van der Waals surface area (Å²) in [6.07, 6.45) is 15.3. The number of rotatable bonds is 23. The van der Waals surface area contributed by atoms with E-state index < -0.39 is 8.32 Å². The second kappa shape index (κ2) is 20.3. The maximum atomic E-state index is 10.3. The molecule has 4 heteroatoms. The van der Waals surface area contributed by atoms with E-state index in [1.165, 1.54) is 56.9 Å². The lowest BCUT2D eigenvalue weighted by molar-refractivity contribution is 0.116. The molecule has 0 fully saturated rings. The molecule has 0 saturated carbocycles. The van der Waals surface area contributed by atoms with Crippen molar-refractivity contribution in [1.29, 1.82) is 0 Å². The second-order valence-corrected chi connectivity index (χ2v) is 17.3. The highest BCUT2D eigenvalue weighted by Gasteiger charge is 2.44. The van der Waals surface area contributed by atoms with Crippen LogP contribution in [0.3, 0.4) is 0 Å². The van der Waals surface area contributed by atoms with Crippen molar-refractivity contribution in [3.63, 3.8) is 0 Å². The Morgan fingerprint density at radius 1 is 0.611 bits per heavy atom. The van der Waals surface area contributed by atoms with Crippen LogP contribution in [0, 0.1) is 0 Å². The molecule has 0 spiro atoms. The molecule has 3 nitrogen and oxygen atoms in total. The zero-order valence-electron chi connectivity index (χ0n) is 24.8. The van der Waals surface area contributed by atoms with Crippen molar-refractivity contribution in [3.8, 4) is 0 Å². The van der Waals surface area contributed by atoms with Crippen LogP contribution < -0.4 is 0 Å². The number of aliphatic hydroxyl groups is 1. The summed E-state index contributed by atoms with van der Waals surface area (Å²) in [5.41, 5.74) is 3.26. The van der Waals surface area contributed by atoms with E-state index in [0.29, 0.717) is 16.6 Å². The van der Waals surface area contributed by atoms with Gasteiger partial charge in [0, 0.05) is 13.2 Å². The second-order valence-electron chi connectivity index (χ2n) is 11.8. The summed E-state index contributed by atoms with van der Waals surface area (Å²) in [5, 5.41) is 10.3. The van der Waals surface area contributed by atoms with E-state index in [1.807, 2.05) is 6.07 Å². The number of ether oxygens (including phenoxy) is 1. The Hall–Kier alpha value is -0.683. The summed E-state index contributed by atoms with van der Waals surface area (Å²) in [5.74, 6) is 0. The van der Waals surface area contributed by atoms with Gasteiger partial charge in [0.25, 0.3) is 0 Å². The molecule has 0 aliphatic rings. The quantitative estimate of drug-likeness (QED) is 0.115. The molecular formula is C32H60O3Si. The Balaban J connectivity index is 1.91. The topological polar surface area (TPSA) is 38.7 Å². The molecule has 0 bridgehead atoms. The molecule has 1 aromatic rings. The van der Waals surface area contributed by atoms with Crippen LogP contribution >= 0.6 is 0 Å². The summed E-state index contributed by atoms with van der Waals surface area (Å²) in [6, 6.07) is 10.4. The highest BCUT2D eigenvalue weighted by Crippen LogP contribution is 2.42. The first-order chi connectivity index (χ1) is 17.3. The highest BCUT2D eigenvalue weighted by atomic mass is 28.4. The van der Waals surface area contributed by atoms with Gasteiger partial charge in [-0.3, -0.25) is 0 Å². The van der Waals surface area contributed by atoms with Crippen molar-refractivity contribution in [3.05, 3.63) is 35.9 Å². The minimum atomic E-state index is -1.70. The maximum Gasteiger partial charge on any atom is 0.200 e. The van der Waals surface area contributed by atoms with Gasteiger partial charge in [0.2, 0.25) is 0 Å². The Labute approximate surface area is 225 Å². The van der Waals surface area contributed by atoms with E-state index in [2.05, 4.69) is 65.8 Å². The summed E-state index contributed by atoms with van der Waals surface area (Å²) < 4.78 is 12.4. The average molecular weight is 521 g/mol. The van der Waals surface area contributed by atoms with Crippen molar-refractivity contribution in [2.24, 2.45) is 0 Å². The Morgan fingerprint density at radius 3 is 1.56 bits per heavy atom. The number of hydrogen-bond donors (Lipinski definition) is 1. The van der Waals surface area contributed by atoms with Crippen LogP contribution in [0.15, 0.2) is 30.3 Å². The zero-order chi connectivity index (χ0) is 26.7. The molecule has 1 rings (SSSR count). The van der Waals surface area contributed by atoms with Gasteiger partial charge in [-0.15, -0.1) is 0 Å². The molecule has 1 atom stereocenters. The first-order valence-electron chi connectivity index (χ1n) is 15.2. The van der Waals surface area contributed by atoms with Crippen LogP contribution in [-0.2, 0) is 15.8 Å². The first-order valence-corrected chi connectivity index (χ1v) is 17.4. The van der Waals surface area contributed by atoms with E-state index in [0.717, 1.165) is 51.9 Å². The Morgan fingerprint density at radius 2 is 1.06 bits per heavy atom. The SMILES string of the molecule is CC(C)[Si](OCCCCCCCC(O)CCCCCCCCOCc1ccccc1)(C(C)C)C(C)C. The molecular weight excluding hydrogens is 460 g/mol. The van der Waals surface area contributed by atoms with Crippen LogP contribution in [0.5, 0.6) is 0 Å². The van der Waals surface area contributed by atoms with Crippen molar-refractivity contribution in [2.75, 3.05) is 13.2 Å². The van der Waals surface area contributed by atoms with Gasteiger partial charge in [0.1, 0.15) is 0 Å². The molecule has 1 aromatic carbocycles. The normalized spacial score (nSPS) is 13.3. The molecule has 0 saturated heterocycles. The van der Waals surface area contributed by atoms with E-state index >= 15 is 0 Å². The molecule has 0 heterocycles. The summed E-state index contributed by atoms with van der Waals surface area (Å²) in [7, 11) is -1.70. The molecule has 210 valence electrons. The van der Waals surface area contributed by atoms with Crippen molar-refractivity contribution < 1.29 is 14.3 Å². The smallest absolute Gasteiger partial charge is 0.200 e. The van der Waals surface area contributed by atoms with E-state index in [9.17, 15) is 5.11 Å². The summed E-state index contributed by atoms with van der Waals surface area (Å²) >= 11 is 0. The minimum Gasteiger partial charge on any atom is -0.416 e. The number of aliphatic hydroxyl groups excluding tert-OH is 1. The van der Waals surface area contributed by atoms with Gasteiger partial charge in [0.15, 0.2) is 8.32 Å². The highest BCUT2D eigenvalue weighted by molar-refractivity contribution is 6.77.